The average molecular weight is 612 g/mol. The molecule has 0 unspecified atom stereocenters. The van der Waals surface area contributed by atoms with Crippen LogP contribution >= 0.6 is 0 Å². The van der Waals surface area contributed by atoms with E-state index in [9.17, 15) is 48.0 Å². The van der Waals surface area contributed by atoms with Crippen LogP contribution in [0.5, 0.6) is 0 Å². The van der Waals surface area contributed by atoms with Crippen LogP contribution in [0, 0.1) is 0 Å². The minimum absolute atomic E-state index is 0.0322. The molecule has 0 saturated carbocycles. The minimum Gasteiger partial charge on any atom is -0.446 e. The van der Waals surface area contributed by atoms with E-state index in [0.717, 1.165) is 6.07 Å². The maximum atomic E-state index is 13.5. The number of amides is 2. The van der Waals surface area contributed by atoms with Gasteiger partial charge in [-0.15, -0.1) is 0 Å². The zero-order valence-corrected chi connectivity index (χ0v) is 22.2. The number of fused-ring (bicyclic) bond motifs is 1. The molecular weight excluding hydrogens is 583 g/mol. The summed E-state index contributed by atoms with van der Waals surface area (Å²) in [5, 5.41) is 49.9. The summed E-state index contributed by atoms with van der Waals surface area (Å²) in [6.07, 6.45) is -14.6. The van der Waals surface area contributed by atoms with Crippen LogP contribution in [-0.4, -0.2) is 99.5 Å². The molecule has 1 aliphatic heterocycles. The molecule has 0 radical (unpaired) electrons. The van der Waals surface area contributed by atoms with Gasteiger partial charge in [-0.3, -0.25) is 9.69 Å². The number of nitrogens with zero attached hydrogens (tertiary/aromatic N) is 1. The van der Waals surface area contributed by atoms with Crippen LogP contribution in [-0.2, 0) is 15.7 Å². The highest BCUT2D eigenvalue weighted by atomic mass is 19.4. The number of rotatable bonds is 10. The van der Waals surface area contributed by atoms with Crippen molar-refractivity contribution in [2.24, 2.45) is 0 Å². The summed E-state index contributed by atoms with van der Waals surface area (Å²) >= 11 is 0. The van der Waals surface area contributed by atoms with Gasteiger partial charge in [0.25, 0.3) is 5.56 Å². The van der Waals surface area contributed by atoms with E-state index in [1.54, 1.807) is 0 Å². The highest BCUT2D eigenvalue weighted by Crippen LogP contribution is 2.36. The van der Waals surface area contributed by atoms with Crippen LogP contribution in [0.2, 0.25) is 0 Å². The number of halogens is 3. The average Bonchev–Trinajstić information content (AvgIpc) is 3.37. The van der Waals surface area contributed by atoms with E-state index in [-0.39, 0.29) is 28.9 Å². The summed E-state index contributed by atoms with van der Waals surface area (Å²) in [5.41, 5.74) is -1.57. The lowest BCUT2D eigenvalue weighted by Gasteiger charge is -2.25. The Morgan fingerprint density at radius 2 is 1.77 bits per heavy atom. The van der Waals surface area contributed by atoms with E-state index in [4.69, 9.17) is 14.6 Å². The number of hydrogen-bond acceptors (Lipinski definition) is 10. The molecule has 2 aromatic carbocycles. The SMILES string of the molecule is O=C(NC[C@H](O)[C@@H](O)[C@H](O)[C@H](O)CO)OC[C@@H]1CN(c2ccc3cc(-c4ccccc4C(F)(F)F)[nH]c(=O)c3c2)C(=O)O1. The number of aliphatic hydroxyl groups excluding tert-OH is 5. The Morgan fingerprint density at radius 3 is 2.47 bits per heavy atom. The third-order valence-corrected chi connectivity index (χ3v) is 6.72. The van der Waals surface area contributed by atoms with E-state index in [1.807, 2.05) is 0 Å². The van der Waals surface area contributed by atoms with Crippen molar-refractivity contribution in [1.29, 1.82) is 0 Å². The number of aromatic amines is 1. The molecular formula is C27H28F3N3O10. The molecule has 1 aliphatic rings. The molecule has 4 rings (SSSR count). The monoisotopic (exact) mass is 611 g/mol. The number of nitrogens with one attached hydrogen (secondary N) is 2. The fourth-order valence-electron chi connectivity index (χ4n) is 4.44. The lowest BCUT2D eigenvalue weighted by molar-refractivity contribution is -0.137. The van der Waals surface area contributed by atoms with Gasteiger partial charge in [0.1, 0.15) is 24.9 Å². The van der Waals surface area contributed by atoms with Crippen LogP contribution in [0.25, 0.3) is 22.0 Å². The van der Waals surface area contributed by atoms with Gasteiger partial charge in [-0.05, 0) is 29.7 Å². The summed E-state index contributed by atoms with van der Waals surface area (Å²) < 4.78 is 50.6. The predicted octanol–water partition coefficient (Wildman–Crippen LogP) is 0.701. The summed E-state index contributed by atoms with van der Waals surface area (Å²) in [5.74, 6) is 0. The second-order valence-corrected chi connectivity index (χ2v) is 9.72. The normalized spacial score (nSPS) is 18.2. The lowest BCUT2D eigenvalue weighted by Crippen LogP contribution is -2.49. The standard InChI is InChI=1S/C27H28F3N3O10/c28-27(29,30)18-4-2-1-3-16(18)19-7-13-5-6-14(8-17(13)24(39)32-19)33-10-15(43-26(33)41)12-42-25(40)31-9-20(35)22(37)23(38)21(36)11-34/h1-8,15,20-23,34-38H,9-12H2,(H,31,40)(H,32,39)/t15-,20-,21+,22+,23+/m0/s1. The largest absolute Gasteiger partial charge is 0.446 e. The molecule has 13 nitrogen and oxygen atoms in total. The van der Waals surface area contributed by atoms with Crippen LogP contribution in [0.15, 0.2) is 53.3 Å². The van der Waals surface area contributed by atoms with Gasteiger partial charge in [0.05, 0.1) is 24.8 Å². The first-order valence-electron chi connectivity index (χ1n) is 12.9. The topological polar surface area (TPSA) is 202 Å². The summed E-state index contributed by atoms with van der Waals surface area (Å²) in [4.78, 5) is 41.0. The third kappa shape index (κ3) is 7.23. The maximum absolute atomic E-state index is 13.5. The first-order chi connectivity index (χ1) is 20.3. The van der Waals surface area contributed by atoms with Gasteiger partial charge in [0.2, 0.25) is 0 Å². The number of pyridine rings is 1. The Kier molecular flexibility index (Phi) is 9.56. The highest BCUT2D eigenvalue weighted by molar-refractivity contribution is 5.94. The minimum atomic E-state index is -4.64. The molecule has 1 aromatic heterocycles. The number of hydrogen-bond donors (Lipinski definition) is 7. The van der Waals surface area contributed by atoms with Crippen molar-refractivity contribution in [3.05, 3.63) is 64.4 Å². The van der Waals surface area contributed by atoms with Crippen molar-refractivity contribution in [3.8, 4) is 11.3 Å². The Hall–Kier alpha value is -4.22. The van der Waals surface area contributed by atoms with E-state index >= 15 is 0 Å². The number of ether oxygens (including phenoxy) is 2. The second-order valence-electron chi connectivity index (χ2n) is 9.72. The van der Waals surface area contributed by atoms with Crippen molar-refractivity contribution in [2.45, 2.75) is 36.7 Å². The fraction of sp³-hybridized carbons (Fsp3) is 0.370. The number of anilines is 1. The molecule has 1 saturated heterocycles. The molecule has 1 fully saturated rings. The number of carbonyl (C=O) groups excluding carboxylic acids is 2. The molecule has 2 heterocycles. The van der Waals surface area contributed by atoms with Crippen LogP contribution in [0.3, 0.4) is 0 Å². The Balaban J connectivity index is 1.38. The molecule has 0 bridgehead atoms. The first-order valence-corrected chi connectivity index (χ1v) is 12.9. The van der Waals surface area contributed by atoms with Gasteiger partial charge in [0, 0.05) is 28.9 Å². The van der Waals surface area contributed by atoms with Crippen molar-refractivity contribution in [1.82, 2.24) is 10.3 Å². The quantitative estimate of drug-likeness (QED) is 0.171. The Bertz CT molecular complexity index is 1530. The van der Waals surface area contributed by atoms with Gasteiger partial charge in [0.15, 0.2) is 6.10 Å². The van der Waals surface area contributed by atoms with Gasteiger partial charge in [-0.25, -0.2) is 9.59 Å². The van der Waals surface area contributed by atoms with Gasteiger partial charge in [-0.1, -0.05) is 24.3 Å². The van der Waals surface area contributed by atoms with Crippen molar-refractivity contribution in [2.75, 3.05) is 31.2 Å². The molecule has 5 atom stereocenters. The molecule has 7 N–H and O–H groups in total. The second kappa shape index (κ2) is 13.0. The zero-order valence-electron chi connectivity index (χ0n) is 22.2. The van der Waals surface area contributed by atoms with Gasteiger partial charge >= 0.3 is 18.4 Å². The lowest BCUT2D eigenvalue weighted by atomic mass is 10.0. The molecule has 16 heteroatoms. The zero-order chi connectivity index (χ0) is 31.5. The Labute approximate surface area is 240 Å². The number of alkyl carbamates (subject to hydrolysis) is 1. The molecule has 232 valence electrons. The maximum Gasteiger partial charge on any atom is 0.417 e. The number of aliphatic hydroxyl groups is 5. The smallest absolute Gasteiger partial charge is 0.417 e. The third-order valence-electron chi connectivity index (χ3n) is 6.72. The van der Waals surface area contributed by atoms with Crippen LogP contribution in [0.4, 0.5) is 28.4 Å². The van der Waals surface area contributed by atoms with Crippen LogP contribution < -0.4 is 15.8 Å². The number of cyclic esters (lactones) is 1. The fourth-order valence-corrected chi connectivity index (χ4v) is 4.44. The highest BCUT2D eigenvalue weighted by Gasteiger charge is 2.35. The molecule has 0 spiro atoms. The van der Waals surface area contributed by atoms with E-state index in [1.165, 1.54) is 47.4 Å². The number of benzene rings is 2. The molecule has 2 amide bonds. The van der Waals surface area contributed by atoms with Crippen LogP contribution in [0.1, 0.15) is 5.56 Å². The van der Waals surface area contributed by atoms with E-state index in [2.05, 4.69) is 10.3 Å². The molecule has 0 aliphatic carbocycles. The summed E-state index contributed by atoms with van der Waals surface area (Å²) in [7, 11) is 0. The number of carbonyl (C=O) groups is 2. The predicted molar refractivity (Wildman–Crippen MR) is 143 cm³/mol. The van der Waals surface area contributed by atoms with Crippen molar-refractivity contribution in [3.63, 3.8) is 0 Å². The van der Waals surface area contributed by atoms with E-state index in [0.29, 0.717) is 5.39 Å². The number of aromatic nitrogens is 1. The molecule has 43 heavy (non-hydrogen) atoms. The van der Waals surface area contributed by atoms with Gasteiger partial charge in [-0.2, -0.15) is 13.2 Å². The van der Waals surface area contributed by atoms with Gasteiger partial charge < -0.3 is 45.3 Å². The first kappa shape index (κ1) is 31.7. The summed E-state index contributed by atoms with van der Waals surface area (Å²) in [6.45, 7) is -1.94. The van der Waals surface area contributed by atoms with Crippen molar-refractivity contribution >= 4 is 28.6 Å². The number of H-pyrrole nitrogens is 1. The molecule has 3 aromatic rings. The Morgan fingerprint density at radius 1 is 1.07 bits per heavy atom. The number of alkyl halides is 3. The van der Waals surface area contributed by atoms with E-state index < -0.39 is 79.8 Å². The summed E-state index contributed by atoms with van der Waals surface area (Å²) in [6, 6.07) is 10.5. The van der Waals surface area contributed by atoms with Crippen molar-refractivity contribution < 1.29 is 57.8 Å².